The number of rotatable bonds is 3. The molecule has 1 aliphatic rings. The SMILES string of the molecule is Cc1ccc(-c2nn3c(=O)cc(N4CCN(C(=O)c5ccc(Cl)cc5)CC4)nc3s2)cc1. The van der Waals surface area contributed by atoms with Crippen LogP contribution in [-0.4, -0.2) is 51.6 Å². The van der Waals surface area contributed by atoms with Gasteiger partial charge in [0.1, 0.15) is 10.8 Å². The number of carbonyl (C=O) groups excluding carboxylic acids is 1. The van der Waals surface area contributed by atoms with Crippen molar-refractivity contribution in [1.29, 1.82) is 0 Å². The van der Waals surface area contributed by atoms with E-state index in [1.165, 1.54) is 27.5 Å². The fourth-order valence-corrected chi connectivity index (χ4v) is 4.72. The lowest BCUT2D eigenvalue weighted by molar-refractivity contribution is 0.0746. The van der Waals surface area contributed by atoms with Gasteiger partial charge in [0.15, 0.2) is 0 Å². The second-order valence-electron chi connectivity index (χ2n) is 7.71. The second kappa shape index (κ2) is 8.37. The summed E-state index contributed by atoms with van der Waals surface area (Å²) in [7, 11) is 0. The second-order valence-corrected chi connectivity index (χ2v) is 9.10. The fourth-order valence-electron chi connectivity index (χ4n) is 3.69. The summed E-state index contributed by atoms with van der Waals surface area (Å²) in [5, 5.41) is 5.81. The minimum atomic E-state index is -0.209. The monoisotopic (exact) mass is 465 g/mol. The van der Waals surface area contributed by atoms with Crippen LogP contribution >= 0.6 is 22.9 Å². The highest BCUT2D eigenvalue weighted by atomic mass is 35.5. The molecule has 0 bridgehead atoms. The average molecular weight is 466 g/mol. The first-order chi connectivity index (χ1) is 15.5. The van der Waals surface area contributed by atoms with Gasteiger partial charge in [-0.15, -0.1) is 0 Å². The van der Waals surface area contributed by atoms with Crippen molar-refractivity contribution in [2.45, 2.75) is 6.92 Å². The molecule has 0 spiro atoms. The van der Waals surface area contributed by atoms with Gasteiger partial charge < -0.3 is 9.80 Å². The first kappa shape index (κ1) is 20.7. The summed E-state index contributed by atoms with van der Waals surface area (Å²) >= 11 is 7.31. The molecule has 0 atom stereocenters. The number of carbonyl (C=O) groups is 1. The molecule has 0 N–H and O–H groups in total. The zero-order chi connectivity index (χ0) is 22.2. The number of hydrogen-bond donors (Lipinski definition) is 0. The smallest absolute Gasteiger partial charge is 0.277 e. The summed E-state index contributed by atoms with van der Waals surface area (Å²) < 4.78 is 1.35. The molecule has 0 saturated carbocycles. The molecule has 2 aromatic carbocycles. The summed E-state index contributed by atoms with van der Waals surface area (Å²) in [6, 6.07) is 16.5. The standard InChI is InChI=1S/C23H20ClN5O2S/c1-15-2-4-16(5-3-15)21-26-29-20(30)14-19(25-23(29)32-21)27-10-12-28(13-11-27)22(31)17-6-8-18(24)9-7-17/h2-9,14H,10-13H2,1H3. The molecule has 5 rings (SSSR count). The van der Waals surface area contributed by atoms with Gasteiger partial charge in [0.25, 0.3) is 11.5 Å². The van der Waals surface area contributed by atoms with E-state index in [2.05, 4.69) is 10.1 Å². The van der Waals surface area contributed by atoms with Gasteiger partial charge in [0, 0.05) is 48.4 Å². The van der Waals surface area contributed by atoms with Crippen molar-refractivity contribution in [3.63, 3.8) is 0 Å². The number of benzene rings is 2. The highest BCUT2D eigenvalue weighted by molar-refractivity contribution is 7.19. The predicted octanol–water partition coefficient (Wildman–Crippen LogP) is 3.74. The molecule has 162 valence electrons. The van der Waals surface area contributed by atoms with E-state index in [1.54, 1.807) is 24.3 Å². The maximum atomic E-state index is 12.7. The van der Waals surface area contributed by atoms with Crippen molar-refractivity contribution >= 4 is 39.6 Å². The molecule has 9 heteroatoms. The van der Waals surface area contributed by atoms with Crippen LogP contribution in [0.15, 0.2) is 59.4 Å². The Morgan fingerprint density at radius 3 is 2.38 bits per heavy atom. The Hall–Kier alpha value is -3.23. The Balaban J connectivity index is 1.34. The fraction of sp³-hybridized carbons (Fsp3) is 0.217. The number of halogens is 1. The van der Waals surface area contributed by atoms with Gasteiger partial charge in [-0.1, -0.05) is 52.8 Å². The summed E-state index contributed by atoms with van der Waals surface area (Å²) in [6.45, 7) is 4.35. The zero-order valence-electron chi connectivity index (χ0n) is 17.4. The number of fused-ring (bicyclic) bond motifs is 1. The summed E-state index contributed by atoms with van der Waals surface area (Å²) in [4.78, 5) is 34.5. The van der Waals surface area contributed by atoms with Crippen LogP contribution in [0, 0.1) is 6.92 Å². The predicted molar refractivity (Wildman–Crippen MR) is 127 cm³/mol. The highest BCUT2D eigenvalue weighted by Crippen LogP contribution is 2.26. The molecule has 1 aliphatic heterocycles. The number of hydrogen-bond acceptors (Lipinski definition) is 6. The van der Waals surface area contributed by atoms with E-state index in [1.807, 2.05) is 41.0 Å². The lowest BCUT2D eigenvalue weighted by Gasteiger charge is -2.35. The lowest BCUT2D eigenvalue weighted by Crippen LogP contribution is -2.49. The third kappa shape index (κ3) is 3.99. The number of nitrogens with zero attached hydrogens (tertiary/aromatic N) is 5. The Bertz CT molecular complexity index is 1340. The third-order valence-corrected chi connectivity index (χ3v) is 6.72. The summed E-state index contributed by atoms with van der Waals surface area (Å²) in [6.07, 6.45) is 0. The molecule has 4 aromatic rings. The maximum absolute atomic E-state index is 12.7. The Morgan fingerprint density at radius 2 is 1.69 bits per heavy atom. The van der Waals surface area contributed by atoms with E-state index in [0.717, 1.165) is 10.6 Å². The van der Waals surface area contributed by atoms with Gasteiger partial charge >= 0.3 is 0 Å². The molecular formula is C23H20ClN5O2S. The first-order valence-electron chi connectivity index (χ1n) is 10.3. The van der Waals surface area contributed by atoms with Gasteiger partial charge in [-0.25, -0.2) is 4.98 Å². The minimum Gasteiger partial charge on any atom is -0.353 e. The molecule has 7 nitrogen and oxygen atoms in total. The number of amides is 1. The maximum Gasteiger partial charge on any atom is 0.277 e. The van der Waals surface area contributed by atoms with Crippen LogP contribution < -0.4 is 10.5 Å². The summed E-state index contributed by atoms with van der Waals surface area (Å²) in [5.74, 6) is 0.600. The molecule has 3 heterocycles. The molecule has 0 aliphatic carbocycles. The molecule has 1 saturated heterocycles. The number of piperazine rings is 1. The molecule has 2 aromatic heterocycles. The van der Waals surface area contributed by atoms with Crippen LogP contribution in [0.4, 0.5) is 5.82 Å². The third-order valence-electron chi connectivity index (χ3n) is 5.51. The zero-order valence-corrected chi connectivity index (χ0v) is 18.9. The van der Waals surface area contributed by atoms with Gasteiger partial charge in [-0.3, -0.25) is 9.59 Å². The van der Waals surface area contributed by atoms with E-state index in [9.17, 15) is 9.59 Å². The van der Waals surface area contributed by atoms with Gasteiger partial charge in [0.05, 0.1) is 0 Å². The largest absolute Gasteiger partial charge is 0.353 e. The van der Waals surface area contributed by atoms with Crippen molar-refractivity contribution in [3.05, 3.63) is 81.1 Å². The van der Waals surface area contributed by atoms with E-state index >= 15 is 0 Å². The average Bonchev–Trinajstić information content (AvgIpc) is 3.25. The molecular weight excluding hydrogens is 446 g/mol. The van der Waals surface area contributed by atoms with Crippen molar-refractivity contribution < 1.29 is 4.79 Å². The molecule has 1 amide bonds. The van der Waals surface area contributed by atoms with E-state index in [-0.39, 0.29) is 11.5 Å². The van der Waals surface area contributed by atoms with Crippen LogP contribution in [0.5, 0.6) is 0 Å². The number of anilines is 1. The first-order valence-corrected chi connectivity index (χ1v) is 11.5. The quantitative estimate of drug-likeness (QED) is 0.461. The Kier molecular flexibility index (Phi) is 5.40. The van der Waals surface area contributed by atoms with Crippen molar-refractivity contribution in [3.8, 4) is 10.6 Å². The normalized spacial score (nSPS) is 14.2. The summed E-state index contributed by atoms with van der Waals surface area (Å²) in [5.41, 5.74) is 2.54. The van der Waals surface area contributed by atoms with Crippen LogP contribution in [-0.2, 0) is 0 Å². The van der Waals surface area contributed by atoms with Gasteiger partial charge in [-0.2, -0.15) is 9.61 Å². The van der Waals surface area contributed by atoms with E-state index in [0.29, 0.717) is 47.5 Å². The lowest BCUT2D eigenvalue weighted by atomic mass is 10.2. The topological polar surface area (TPSA) is 70.8 Å². The Morgan fingerprint density at radius 1 is 1.00 bits per heavy atom. The Labute approximate surface area is 193 Å². The van der Waals surface area contributed by atoms with Crippen LogP contribution in [0.3, 0.4) is 0 Å². The minimum absolute atomic E-state index is 0.0185. The molecule has 0 unspecified atom stereocenters. The number of aromatic nitrogens is 3. The van der Waals surface area contributed by atoms with Gasteiger partial charge in [-0.05, 0) is 31.2 Å². The van der Waals surface area contributed by atoms with Crippen molar-refractivity contribution in [2.75, 3.05) is 31.1 Å². The molecule has 32 heavy (non-hydrogen) atoms. The highest BCUT2D eigenvalue weighted by Gasteiger charge is 2.24. The number of aryl methyl sites for hydroxylation is 1. The van der Waals surface area contributed by atoms with E-state index in [4.69, 9.17) is 11.6 Å². The van der Waals surface area contributed by atoms with E-state index < -0.39 is 0 Å². The van der Waals surface area contributed by atoms with Crippen LogP contribution in [0.1, 0.15) is 15.9 Å². The van der Waals surface area contributed by atoms with Gasteiger partial charge in [0.2, 0.25) is 4.96 Å². The molecule has 1 fully saturated rings. The van der Waals surface area contributed by atoms with Crippen molar-refractivity contribution in [1.82, 2.24) is 19.5 Å². The van der Waals surface area contributed by atoms with Crippen LogP contribution in [0.2, 0.25) is 5.02 Å². The molecule has 0 radical (unpaired) electrons. The van der Waals surface area contributed by atoms with Crippen LogP contribution in [0.25, 0.3) is 15.5 Å². The van der Waals surface area contributed by atoms with Crippen molar-refractivity contribution in [2.24, 2.45) is 0 Å².